The highest BCUT2D eigenvalue weighted by Crippen LogP contribution is 2.15. The van der Waals surface area contributed by atoms with E-state index in [2.05, 4.69) is 22.2 Å². The van der Waals surface area contributed by atoms with Crippen LogP contribution in [0.4, 0.5) is 0 Å². The summed E-state index contributed by atoms with van der Waals surface area (Å²) < 4.78 is 1.65. The van der Waals surface area contributed by atoms with E-state index in [9.17, 15) is 9.59 Å². The second-order valence-corrected chi connectivity index (χ2v) is 6.32. The van der Waals surface area contributed by atoms with E-state index < -0.39 is 0 Å². The summed E-state index contributed by atoms with van der Waals surface area (Å²) >= 11 is 0. The van der Waals surface area contributed by atoms with Crippen LogP contribution in [-0.2, 0) is 6.54 Å². The lowest BCUT2D eigenvalue weighted by Gasteiger charge is -2.15. The highest BCUT2D eigenvalue weighted by atomic mass is 16.2. The highest BCUT2D eigenvalue weighted by molar-refractivity contribution is 6.02. The lowest BCUT2D eigenvalue weighted by atomic mass is 10.2. The predicted molar refractivity (Wildman–Crippen MR) is 102 cm³/mol. The first-order valence-corrected chi connectivity index (χ1v) is 9.02. The van der Waals surface area contributed by atoms with Crippen LogP contribution in [0.2, 0.25) is 0 Å². The molecule has 0 radical (unpaired) electrons. The van der Waals surface area contributed by atoms with Crippen LogP contribution in [0.25, 0.3) is 5.52 Å². The fourth-order valence-corrected chi connectivity index (χ4v) is 2.79. The van der Waals surface area contributed by atoms with Gasteiger partial charge in [0.25, 0.3) is 11.8 Å². The van der Waals surface area contributed by atoms with Crippen LogP contribution in [0, 0.1) is 0 Å². The number of hydrogen-bond acceptors (Lipinski definition) is 4. The van der Waals surface area contributed by atoms with Gasteiger partial charge in [0.05, 0.1) is 17.8 Å². The van der Waals surface area contributed by atoms with Crippen molar-refractivity contribution in [3.63, 3.8) is 0 Å². The molecule has 3 aromatic heterocycles. The molecule has 1 N–H and O–H groups in total. The molecule has 0 saturated heterocycles. The zero-order valence-corrected chi connectivity index (χ0v) is 15.6. The van der Waals surface area contributed by atoms with E-state index in [-0.39, 0.29) is 23.3 Å². The van der Waals surface area contributed by atoms with E-state index in [1.54, 1.807) is 40.9 Å². The van der Waals surface area contributed by atoms with Gasteiger partial charge in [0.2, 0.25) is 5.82 Å². The van der Waals surface area contributed by atoms with E-state index in [0.717, 1.165) is 18.5 Å². The van der Waals surface area contributed by atoms with Gasteiger partial charge in [0, 0.05) is 26.0 Å². The van der Waals surface area contributed by atoms with E-state index in [1.807, 2.05) is 24.3 Å². The molecule has 3 rings (SSSR count). The van der Waals surface area contributed by atoms with Gasteiger partial charge in [-0.3, -0.25) is 19.0 Å². The van der Waals surface area contributed by atoms with Crippen LogP contribution in [0.1, 0.15) is 46.6 Å². The largest absolute Gasteiger partial charge is 0.344 e. The molecule has 0 aliphatic heterocycles. The molecule has 0 unspecified atom stereocenters. The van der Waals surface area contributed by atoms with Gasteiger partial charge in [-0.2, -0.15) is 0 Å². The number of carbonyl (C=O) groups is 2. The standard InChI is InChI=1S/C20H23N5O2/c1-3-4-12-24(2)20(27)17-16-10-6-8-13-25(16)18(23-17)19(26)22-14-15-9-5-7-11-21-15/h5-11,13H,3-4,12,14H2,1-2H3,(H,22,26). The Morgan fingerprint density at radius 3 is 2.74 bits per heavy atom. The normalized spacial score (nSPS) is 10.7. The molecule has 0 atom stereocenters. The molecular formula is C20H23N5O2. The van der Waals surface area contributed by atoms with Crippen molar-refractivity contribution in [1.82, 2.24) is 24.6 Å². The lowest BCUT2D eigenvalue weighted by molar-refractivity contribution is 0.0790. The van der Waals surface area contributed by atoms with Crippen molar-refractivity contribution in [2.24, 2.45) is 0 Å². The monoisotopic (exact) mass is 365 g/mol. The predicted octanol–water partition coefficient (Wildman–Crippen LogP) is 2.53. The van der Waals surface area contributed by atoms with E-state index >= 15 is 0 Å². The minimum Gasteiger partial charge on any atom is -0.344 e. The minimum atomic E-state index is -0.350. The Hall–Kier alpha value is -3.22. The summed E-state index contributed by atoms with van der Waals surface area (Å²) in [7, 11) is 1.76. The Balaban J connectivity index is 1.85. The molecule has 0 aromatic carbocycles. The third kappa shape index (κ3) is 4.13. The number of carbonyl (C=O) groups excluding carboxylic acids is 2. The van der Waals surface area contributed by atoms with E-state index in [1.165, 1.54) is 0 Å². The molecule has 7 heteroatoms. The number of aromatic nitrogens is 3. The van der Waals surface area contributed by atoms with Gasteiger partial charge < -0.3 is 10.2 Å². The van der Waals surface area contributed by atoms with Crippen molar-refractivity contribution in [3.8, 4) is 0 Å². The molecule has 140 valence electrons. The van der Waals surface area contributed by atoms with Crippen LogP contribution in [-0.4, -0.2) is 44.7 Å². The van der Waals surface area contributed by atoms with E-state index in [0.29, 0.717) is 18.6 Å². The number of unbranched alkanes of at least 4 members (excludes halogenated alkanes) is 1. The summed E-state index contributed by atoms with van der Waals surface area (Å²) in [5.41, 5.74) is 1.66. The summed E-state index contributed by atoms with van der Waals surface area (Å²) in [4.78, 5) is 35.7. The molecule has 27 heavy (non-hydrogen) atoms. The SMILES string of the molecule is CCCCN(C)C(=O)c1nc(C(=O)NCc2ccccn2)n2ccccc12. The number of hydrogen-bond donors (Lipinski definition) is 1. The molecule has 3 heterocycles. The zero-order chi connectivity index (χ0) is 19.2. The Bertz CT molecular complexity index is 936. The van der Waals surface area contributed by atoms with Crippen molar-refractivity contribution >= 4 is 17.3 Å². The van der Waals surface area contributed by atoms with Gasteiger partial charge in [-0.05, 0) is 30.7 Å². The maximum atomic E-state index is 12.8. The second kappa shape index (κ2) is 8.44. The molecule has 2 amide bonds. The maximum Gasteiger partial charge on any atom is 0.288 e. The highest BCUT2D eigenvalue weighted by Gasteiger charge is 2.23. The molecular weight excluding hydrogens is 342 g/mol. The summed E-state index contributed by atoms with van der Waals surface area (Å²) in [5, 5.41) is 2.81. The zero-order valence-electron chi connectivity index (χ0n) is 15.6. The van der Waals surface area contributed by atoms with Crippen LogP contribution in [0.5, 0.6) is 0 Å². The summed E-state index contributed by atoms with van der Waals surface area (Å²) in [6, 6.07) is 10.9. The summed E-state index contributed by atoms with van der Waals surface area (Å²) in [5.74, 6) is -0.346. The molecule has 7 nitrogen and oxygen atoms in total. The van der Waals surface area contributed by atoms with Gasteiger partial charge in [-0.1, -0.05) is 25.5 Å². The van der Waals surface area contributed by atoms with Crippen molar-refractivity contribution < 1.29 is 9.59 Å². The molecule has 0 bridgehead atoms. The number of imidazole rings is 1. The van der Waals surface area contributed by atoms with E-state index in [4.69, 9.17) is 0 Å². The molecule has 0 fully saturated rings. The average Bonchev–Trinajstić information content (AvgIpc) is 3.10. The summed E-state index contributed by atoms with van der Waals surface area (Å²) in [6.45, 7) is 3.03. The van der Waals surface area contributed by atoms with Crippen LogP contribution >= 0.6 is 0 Å². The van der Waals surface area contributed by atoms with Crippen molar-refractivity contribution in [2.75, 3.05) is 13.6 Å². The first-order chi connectivity index (χ1) is 13.1. The summed E-state index contributed by atoms with van der Waals surface area (Å²) in [6.07, 6.45) is 5.34. The van der Waals surface area contributed by atoms with Gasteiger partial charge in [0.15, 0.2) is 5.69 Å². The number of amides is 2. The first kappa shape index (κ1) is 18.6. The number of pyridine rings is 2. The number of rotatable bonds is 7. The molecule has 0 aliphatic carbocycles. The minimum absolute atomic E-state index is 0.184. The van der Waals surface area contributed by atoms with Crippen molar-refractivity contribution in [3.05, 3.63) is 66.0 Å². The Kier molecular flexibility index (Phi) is 5.80. The van der Waals surface area contributed by atoms with Crippen LogP contribution < -0.4 is 5.32 Å². The third-order valence-electron chi connectivity index (χ3n) is 4.30. The fourth-order valence-electron chi connectivity index (χ4n) is 2.79. The van der Waals surface area contributed by atoms with Crippen LogP contribution in [0.15, 0.2) is 48.8 Å². The maximum absolute atomic E-state index is 12.8. The Labute approximate surface area is 158 Å². The number of nitrogens with zero attached hydrogens (tertiary/aromatic N) is 4. The van der Waals surface area contributed by atoms with Crippen LogP contribution in [0.3, 0.4) is 0 Å². The van der Waals surface area contributed by atoms with Gasteiger partial charge >= 0.3 is 0 Å². The lowest BCUT2D eigenvalue weighted by Crippen LogP contribution is -2.28. The average molecular weight is 365 g/mol. The molecule has 0 saturated carbocycles. The van der Waals surface area contributed by atoms with Gasteiger partial charge in [-0.15, -0.1) is 0 Å². The first-order valence-electron chi connectivity index (χ1n) is 9.02. The van der Waals surface area contributed by atoms with Crippen molar-refractivity contribution in [1.29, 1.82) is 0 Å². The molecule has 3 aromatic rings. The fraction of sp³-hybridized carbons (Fsp3) is 0.300. The second-order valence-electron chi connectivity index (χ2n) is 6.32. The van der Waals surface area contributed by atoms with Gasteiger partial charge in [-0.25, -0.2) is 4.98 Å². The topological polar surface area (TPSA) is 79.6 Å². The number of fused-ring (bicyclic) bond motifs is 1. The molecule has 0 spiro atoms. The Morgan fingerprint density at radius 1 is 1.19 bits per heavy atom. The van der Waals surface area contributed by atoms with Gasteiger partial charge in [0.1, 0.15) is 0 Å². The smallest absolute Gasteiger partial charge is 0.288 e. The van der Waals surface area contributed by atoms with Crippen molar-refractivity contribution in [2.45, 2.75) is 26.3 Å². The third-order valence-corrected chi connectivity index (χ3v) is 4.30. The number of nitrogens with one attached hydrogen (secondary N) is 1. The quantitative estimate of drug-likeness (QED) is 0.698. The Morgan fingerprint density at radius 2 is 2.00 bits per heavy atom. The molecule has 0 aliphatic rings.